The quantitative estimate of drug-likeness (QED) is 0.848. The lowest BCUT2D eigenvalue weighted by atomic mass is 10.1. The van der Waals surface area contributed by atoms with Crippen molar-refractivity contribution in [1.29, 1.82) is 0 Å². The van der Waals surface area contributed by atoms with Crippen molar-refractivity contribution < 1.29 is 23.1 Å². The fraction of sp³-hybridized carbons (Fsp3) is 0.364. The highest BCUT2D eigenvalue weighted by molar-refractivity contribution is 5.75. The minimum absolute atomic E-state index is 0.125. The molecule has 1 aliphatic rings. The Balaban J connectivity index is 2.13. The molecule has 1 fully saturated rings. The summed E-state index contributed by atoms with van der Waals surface area (Å²) in [6.07, 6.45) is -3.82. The molecule has 1 aromatic carbocycles. The lowest BCUT2D eigenvalue weighted by Crippen LogP contribution is -2.04. The summed E-state index contributed by atoms with van der Waals surface area (Å²) in [5, 5.41) is 8.69. The molecule has 0 bridgehead atoms. The first kappa shape index (κ1) is 11.0. The SMILES string of the molecule is O=C(O)[C@@H]1C[C@@H]1c1ccc(C(F)(F)F)cc1. The summed E-state index contributed by atoms with van der Waals surface area (Å²) < 4.78 is 36.7. The van der Waals surface area contributed by atoms with Crippen molar-refractivity contribution in [2.45, 2.75) is 18.5 Å². The molecule has 0 aromatic heterocycles. The van der Waals surface area contributed by atoms with Crippen LogP contribution in [0.2, 0.25) is 0 Å². The Morgan fingerprint density at radius 3 is 2.19 bits per heavy atom. The van der Waals surface area contributed by atoms with Crippen molar-refractivity contribution in [3.05, 3.63) is 35.4 Å². The van der Waals surface area contributed by atoms with Gasteiger partial charge in [-0.25, -0.2) is 0 Å². The van der Waals surface area contributed by atoms with Gasteiger partial charge in [-0.2, -0.15) is 13.2 Å². The Labute approximate surface area is 89.7 Å². The van der Waals surface area contributed by atoms with Gasteiger partial charge in [-0.3, -0.25) is 4.79 Å². The number of hydrogen-bond acceptors (Lipinski definition) is 1. The zero-order valence-electron chi connectivity index (χ0n) is 8.16. The number of rotatable bonds is 2. The van der Waals surface area contributed by atoms with Gasteiger partial charge >= 0.3 is 12.1 Å². The van der Waals surface area contributed by atoms with Gasteiger partial charge < -0.3 is 5.11 Å². The van der Waals surface area contributed by atoms with E-state index < -0.39 is 23.6 Å². The Kier molecular flexibility index (Phi) is 2.40. The van der Waals surface area contributed by atoms with Crippen molar-refractivity contribution in [3.8, 4) is 0 Å². The third kappa shape index (κ3) is 2.03. The molecule has 0 amide bonds. The fourth-order valence-electron chi connectivity index (χ4n) is 1.76. The normalized spacial score (nSPS) is 24.2. The number of benzene rings is 1. The molecular formula is C11H9F3O2. The van der Waals surface area contributed by atoms with Gasteiger partial charge in [0.1, 0.15) is 0 Å². The van der Waals surface area contributed by atoms with Crippen molar-refractivity contribution in [2.24, 2.45) is 5.92 Å². The largest absolute Gasteiger partial charge is 0.481 e. The van der Waals surface area contributed by atoms with E-state index in [0.717, 1.165) is 12.1 Å². The average molecular weight is 230 g/mol. The van der Waals surface area contributed by atoms with Crippen LogP contribution in [0, 0.1) is 5.92 Å². The zero-order valence-corrected chi connectivity index (χ0v) is 8.16. The van der Waals surface area contributed by atoms with E-state index >= 15 is 0 Å². The van der Waals surface area contributed by atoms with Crippen LogP contribution in [0.5, 0.6) is 0 Å². The maximum Gasteiger partial charge on any atom is 0.416 e. The van der Waals surface area contributed by atoms with Crippen LogP contribution in [0.4, 0.5) is 13.2 Å². The van der Waals surface area contributed by atoms with Crippen LogP contribution in [0.25, 0.3) is 0 Å². The molecule has 0 spiro atoms. The molecule has 0 unspecified atom stereocenters. The summed E-state index contributed by atoms with van der Waals surface area (Å²) in [6.45, 7) is 0. The van der Waals surface area contributed by atoms with E-state index in [1.807, 2.05) is 0 Å². The van der Waals surface area contributed by atoms with Crippen molar-refractivity contribution in [1.82, 2.24) is 0 Å². The van der Waals surface area contributed by atoms with Crippen LogP contribution < -0.4 is 0 Å². The minimum Gasteiger partial charge on any atom is -0.481 e. The van der Waals surface area contributed by atoms with E-state index in [4.69, 9.17) is 5.11 Å². The van der Waals surface area contributed by atoms with E-state index in [9.17, 15) is 18.0 Å². The second kappa shape index (κ2) is 3.50. The molecule has 16 heavy (non-hydrogen) atoms. The summed E-state index contributed by atoms with van der Waals surface area (Å²) in [6, 6.07) is 4.70. The number of carboxylic acid groups (broad SMARTS) is 1. The third-order valence-corrected chi connectivity index (χ3v) is 2.77. The van der Waals surface area contributed by atoms with Gasteiger partial charge in [0.2, 0.25) is 0 Å². The van der Waals surface area contributed by atoms with E-state index in [1.165, 1.54) is 12.1 Å². The summed E-state index contributed by atoms with van der Waals surface area (Å²) in [7, 11) is 0. The standard InChI is InChI=1S/C11H9F3O2/c12-11(13,14)7-3-1-6(2-4-7)8-5-9(8)10(15)16/h1-4,8-9H,5H2,(H,15,16)/t8-,9-/m1/s1. The van der Waals surface area contributed by atoms with E-state index in [-0.39, 0.29) is 5.92 Å². The predicted molar refractivity (Wildman–Crippen MR) is 49.9 cm³/mol. The van der Waals surface area contributed by atoms with Gasteiger partial charge in [-0.05, 0) is 30.0 Å². The lowest BCUT2D eigenvalue weighted by Gasteiger charge is -2.07. The van der Waals surface area contributed by atoms with Gasteiger partial charge in [-0.1, -0.05) is 12.1 Å². The number of carboxylic acids is 1. The molecule has 0 heterocycles. The summed E-state index contributed by atoms with van der Waals surface area (Å²) >= 11 is 0. The van der Waals surface area contributed by atoms with Crippen molar-refractivity contribution in [2.75, 3.05) is 0 Å². The van der Waals surface area contributed by atoms with Gasteiger partial charge in [0.05, 0.1) is 11.5 Å². The number of aliphatic carboxylic acids is 1. The minimum atomic E-state index is -4.34. The second-order valence-electron chi connectivity index (χ2n) is 3.91. The Morgan fingerprint density at radius 2 is 1.81 bits per heavy atom. The first-order chi connectivity index (χ1) is 7.39. The molecule has 0 aliphatic heterocycles. The number of halogens is 3. The molecule has 0 saturated heterocycles. The number of hydrogen-bond donors (Lipinski definition) is 1. The highest BCUT2D eigenvalue weighted by Crippen LogP contribution is 2.47. The summed E-state index contributed by atoms with van der Waals surface area (Å²) in [5.74, 6) is -1.44. The summed E-state index contributed by atoms with van der Waals surface area (Å²) in [4.78, 5) is 10.6. The average Bonchev–Trinajstić information content (AvgIpc) is 2.96. The topological polar surface area (TPSA) is 37.3 Å². The number of alkyl halides is 3. The van der Waals surface area contributed by atoms with E-state index in [0.29, 0.717) is 12.0 Å². The Hall–Kier alpha value is -1.52. The summed E-state index contributed by atoms with van der Waals surface area (Å²) in [5.41, 5.74) is -0.0378. The third-order valence-electron chi connectivity index (χ3n) is 2.77. The predicted octanol–water partition coefficient (Wildman–Crippen LogP) is 2.89. The van der Waals surface area contributed by atoms with Gasteiger partial charge in [0, 0.05) is 0 Å². The second-order valence-corrected chi connectivity index (χ2v) is 3.91. The highest BCUT2D eigenvalue weighted by atomic mass is 19.4. The molecule has 1 aliphatic carbocycles. The molecule has 1 N–H and O–H groups in total. The van der Waals surface area contributed by atoms with Crippen LogP contribution in [0.1, 0.15) is 23.5 Å². The molecule has 2 atom stereocenters. The molecule has 2 nitrogen and oxygen atoms in total. The first-order valence-corrected chi connectivity index (χ1v) is 4.79. The lowest BCUT2D eigenvalue weighted by molar-refractivity contribution is -0.139. The fourth-order valence-corrected chi connectivity index (χ4v) is 1.76. The van der Waals surface area contributed by atoms with Gasteiger partial charge in [0.15, 0.2) is 0 Å². The maximum atomic E-state index is 12.2. The molecule has 0 radical (unpaired) electrons. The van der Waals surface area contributed by atoms with Crippen LogP contribution in [-0.4, -0.2) is 11.1 Å². The smallest absolute Gasteiger partial charge is 0.416 e. The van der Waals surface area contributed by atoms with E-state index in [1.54, 1.807) is 0 Å². The Morgan fingerprint density at radius 1 is 1.25 bits per heavy atom. The monoisotopic (exact) mass is 230 g/mol. The van der Waals surface area contributed by atoms with Crippen molar-refractivity contribution >= 4 is 5.97 Å². The molecular weight excluding hydrogens is 221 g/mol. The molecule has 1 saturated carbocycles. The van der Waals surface area contributed by atoms with Crippen LogP contribution >= 0.6 is 0 Å². The Bertz CT molecular complexity index is 408. The zero-order chi connectivity index (χ0) is 11.9. The first-order valence-electron chi connectivity index (χ1n) is 4.79. The van der Waals surface area contributed by atoms with Crippen LogP contribution in [0.3, 0.4) is 0 Å². The van der Waals surface area contributed by atoms with E-state index in [2.05, 4.69) is 0 Å². The molecule has 2 rings (SSSR count). The molecule has 1 aromatic rings. The van der Waals surface area contributed by atoms with Gasteiger partial charge in [0.25, 0.3) is 0 Å². The van der Waals surface area contributed by atoms with Crippen LogP contribution in [0.15, 0.2) is 24.3 Å². The van der Waals surface area contributed by atoms with Gasteiger partial charge in [-0.15, -0.1) is 0 Å². The van der Waals surface area contributed by atoms with Crippen molar-refractivity contribution in [3.63, 3.8) is 0 Å². The molecule has 86 valence electrons. The van der Waals surface area contributed by atoms with Crippen LogP contribution in [-0.2, 0) is 11.0 Å². The molecule has 5 heteroatoms. The highest BCUT2D eigenvalue weighted by Gasteiger charge is 2.44. The maximum absolute atomic E-state index is 12.2. The number of carbonyl (C=O) groups is 1.